The van der Waals surface area contributed by atoms with Gasteiger partial charge < -0.3 is 9.66 Å². The van der Waals surface area contributed by atoms with Crippen molar-refractivity contribution in [2.45, 2.75) is 154 Å². The number of unbranched alkanes of at least 4 members (excludes halogenated alkanes) is 17. The number of rotatable bonds is 22. The molecule has 0 heterocycles. The van der Waals surface area contributed by atoms with E-state index in [2.05, 4.69) is 6.92 Å². The Hall–Kier alpha value is 0.870. The molecule has 0 aromatic rings. The van der Waals surface area contributed by atoms with Gasteiger partial charge >= 0.3 is 29.6 Å². The molecule has 0 rings (SSSR count). The Balaban J connectivity index is 0. The first-order valence-electron chi connectivity index (χ1n) is 12.6. The van der Waals surface area contributed by atoms with E-state index in [1.54, 1.807) is 6.92 Å². The molecule has 0 amide bonds. The fourth-order valence-electron chi connectivity index (χ4n) is 4.11. The quantitative estimate of drug-likeness (QED) is 0.151. The topological polar surface area (TPSA) is 77.4 Å². The molecule has 0 aromatic carbocycles. The van der Waals surface area contributed by atoms with E-state index >= 15 is 0 Å². The van der Waals surface area contributed by atoms with Gasteiger partial charge in [-0.15, -0.1) is 0 Å². The number of hydrogen-bond donors (Lipinski definition) is 1. The van der Waals surface area contributed by atoms with Crippen molar-refractivity contribution in [2.75, 3.05) is 0 Å². The van der Waals surface area contributed by atoms with E-state index in [1.807, 2.05) is 0 Å². The molecule has 2 unspecified atom stereocenters. The molecule has 0 aliphatic carbocycles. The SMILES string of the molecule is CCCCCCCCCCCCCCCCCCCCC(O)C(CC)S(=O)(=O)[O-].[Na+]. The maximum absolute atomic E-state index is 11.1. The summed E-state index contributed by atoms with van der Waals surface area (Å²) in [5, 5.41) is 8.76. The zero-order valence-electron chi connectivity index (χ0n) is 20.4. The minimum absolute atomic E-state index is 0. The van der Waals surface area contributed by atoms with Gasteiger partial charge in [0, 0.05) is 0 Å². The molecule has 6 heteroatoms. The molecular formula is C24H49NaO4S. The van der Waals surface area contributed by atoms with Crippen LogP contribution in [0.3, 0.4) is 0 Å². The Morgan fingerprint density at radius 3 is 1.20 bits per heavy atom. The fourth-order valence-corrected chi connectivity index (χ4v) is 5.04. The fraction of sp³-hybridized carbons (Fsp3) is 1.00. The molecule has 1 N–H and O–H groups in total. The van der Waals surface area contributed by atoms with E-state index in [4.69, 9.17) is 0 Å². The van der Waals surface area contributed by atoms with Crippen molar-refractivity contribution in [1.29, 1.82) is 0 Å². The first-order chi connectivity index (χ1) is 13.9. The Bertz CT molecular complexity index is 442. The van der Waals surface area contributed by atoms with Gasteiger partial charge in [-0.25, -0.2) is 8.42 Å². The van der Waals surface area contributed by atoms with E-state index in [1.165, 1.54) is 96.3 Å². The third-order valence-corrected chi connectivity index (χ3v) is 7.44. The molecule has 0 aromatic heterocycles. The van der Waals surface area contributed by atoms with Crippen molar-refractivity contribution < 1.29 is 47.6 Å². The van der Waals surface area contributed by atoms with Crippen LogP contribution in [0.5, 0.6) is 0 Å². The van der Waals surface area contributed by atoms with Gasteiger partial charge in [-0.2, -0.15) is 0 Å². The minimum Gasteiger partial charge on any atom is -0.748 e. The zero-order valence-corrected chi connectivity index (χ0v) is 23.2. The Labute approximate surface area is 210 Å². The van der Waals surface area contributed by atoms with Crippen LogP contribution in [0.1, 0.15) is 142 Å². The molecule has 0 saturated carbocycles. The predicted molar refractivity (Wildman–Crippen MR) is 123 cm³/mol. The summed E-state index contributed by atoms with van der Waals surface area (Å²) in [5.41, 5.74) is 0. The summed E-state index contributed by atoms with van der Waals surface area (Å²) < 4.78 is 33.2. The first kappa shape index (κ1) is 33.0. The van der Waals surface area contributed by atoms with E-state index in [0.717, 1.165) is 19.3 Å². The summed E-state index contributed by atoms with van der Waals surface area (Å²) in [4.78, 5) is 0. The summed E-state index contributed by atoms with van der Waals surface area (Å²) in [6.45, 7) is 3.91. The van der Waals surface area contributed by atoms with Crippen LogP contribution in [0.4, 0.5) is 0 Å². The smallest absolute Gasteiger partial charge is 0.748 e. The van der Waals surface area contributed by atoms with Crippen molar-refractivity contribution in [3.05, 3.63) is 0 Å². The molecular weight excluding hydrogens is 407 g/mol. The molecule has 0 saturated heterocycles. The number of hydrogen-bond acceptors (Lipinski definition) is 4. The zero-order chi connectivity index (χ0) is 21.8. The van der Waals surface area contributed by atoms with Crippen LogP contribution in [-0.4, -0.2) is 29.4 Å². The van der Waals surface area contributed by atoms with Gasteiger partial charge in [0.2, 0.25) is 0 Å². The molecule has 176 valence electrons. The Kier molecular flexibility index (Phi) is 25.4. The molecule has 2 atom stereocenters. The maximum atomic E-state index is 11.1. The molecule has 0 bridgehead atoms. The predicted octanol–water partition coefficient (Wildman–Crippen LogP) is 4.11. The second-order valence-corrected chi connectivity index (χ2v) is 10.4. The Morgan fingerprint density at radius 2 is 0.933 bits per heavy atom. The van der Waals surface area contributed by atoms with Crippen LogP contribution >= 0.6 is 0 Å². The summed E-state index contributed by atoms with van der Waals surface area (Å²) >= 11 is 0. The van der Waals surface area contributed by atoms with Gasteiger partial charge in [-0.05, 0) is 12.8 Å². The Morgan fingerprint density at radius 1 is 0.633 bits per heavy atom. The van der Waals surface area contributed by atoms with Crippen molar-refractivity contribution in [1.82, 2.24) is 0 Å². The van der Waals surface area contributed by atoms with Crippen LogP contribution in [0.25, 0.3) is 0 Å². The molecule has 4 nitrogen and oxygen atoms in total. The molecule has 0 fully saturated rings. The van der Waals surface area contributed by atoms with Gasteiger partial charge in [-0.3, -0.25) is 0 Å². The average molecular weight is 457 g/mol. The molecule has 0 spiro atoms. The molecule has 0 radical (unpaired) electrons. The van der Waals surface area contributed by atoms with Crippen LogP contribution < -0.4 is 29.6 Å². The van der Waals surface area contributed by atoms with E-state index < -0.39 is 21.5 Å². The van der Waals surface area contributed by atoms with Gasteiger partial charge in [0.1, 0.15) is 10.1 Å². The molecule has 0 aliphatic heterocycles. The summed E-state index contributed by atoms with van der Waals surface area (Å²) in [6, 6.07) is 0. The van der Waals surface area contributed by atoms with Crippen LogP contribution in [-0.2, 0) is 10.1 Å². The number of aliphatic hydroxyl groups excluding tert-OH is 1. The largest absolute Gasteiger partial charge is 1.00 e. The first-order valence-corrected chi connectivity index (χ1v) is 14.0. The summed E-state index contributed by atoms with van der Waals surface area (Å²) in [6.07, 6.45) is 23.1. The monoisotopic (exact) mass is 456 g/mol. The van der Waals surface area contributed by atoms with Gasteiger partial charge in [0.05, 0.1) is 11.4 Å². The van der Waals surface area contributed by atoms with Crippen molar-refractivity contribution >= 4 is 10.1 Å². The van der Waals surface area contributed by atoms with Crippen molar-refractivity contribution in [2.24, 2.45) is 0 Å². The molecule has 30 heavy (non-hydrogen) atoms. The van der Waals surface area contributed by atoms with Crippen molar-refractivity contribution in [3.8, 4) is 0 Å². The normalized spacial score (nSPS) is 13.7. The van der Waals surface area contributed by atoms with Crippen LogP contribution in [0.2, 0.25) is 0 Å². The summed E-state index contributed by atoms with van der Waals surface area (Å²) in [5.74, 6) is 0. The van der Waals surface area contributed by atoms with Crippen molar-refractivity contribution in [3.63, 3.8) is 0 Å². The number of aliphatic hydroxyl groups is 1. The van der Waals surface area contributed by atoms with Gasteiger partial charge in [0.15, 0.2) is 0 Å². The molecule has 0 aliphatic rings. The third-order valence-electron chi connectivity index (χ3n) is 6.06. The second-order valence-electron chi connectivity index (χ2n) is 8.81. The second kappa shape index (κ2) is 23.0. The average Bonchev–Trinajstić information content (AvgIpc) is 2.66. The minimum atomic E-state index is -4.39. The van der Waals surface area contributed by atoms with E-state index in [9.17, 15) is 18.1 Å². The van der Waals surface area contributed by atoms with Crippen LogP contribution in [0.15, 0.2) is 0 Å². The summed E-state index contributed by atoms with van der Waals surface area (Å²) in [7, 11) is -4.39. The van der Waals surface area contributed by atoms with E-state index in [-0.39, 0.29) is 36.0 Å². The third kappa shape index (κ3) is 20.8. The van der Waals surface area contributed by atoms with Gasteiger partial charge in [-0.1, -0.05) is 129 Å². The van der Waals surface area contributed by atoms with E-state index in [0.29, 0.717) is 6.42 Å². The standard InChI is InChI=1S/C24H50O4S.Na/c1-3-5-6-7-8-9-10-11-12-13-14-15-16-17-18-19-20-21-22-23(25)24(4-2)29(26,27)28;/h23-25H,3-22H2,1-2H3,(H,26,27,28);/q;+1/p-1. The maximum Gasteiger partial charge on any atom is 1.00 e. The van der Waals surface area contributed by atoms with Crippen LogP contribution in [0, 0.1) is 0 Å². The van der Waals surface area contributed by atoms with Gasteiger partial charge in [0.25, 0.3) is 0 Å².